The van der Waals surface area contributed by atoms with Crippen molar-refractivity contribution in [1.82, 2.24) is 14.7 Å². The van der Waals surface area contributed by atoms with Gasteiger partial charge in [0.2, 0.25) is 0 Å². The minimum absolute atomic E-state index is 0.00997. The molecule has 2 heterocycles. The number of ketones is 1. The summed E-state index contributed by atoms with van der Waals surface area (Å²) in [7, 11) is 3.98. The Morgan fingerprint density at radius 3 is 3.00 bits per heavy atom. The molecule has 2 atom stereocenters. The van der Waals surface area contributed by atoms with E-state index in [0.717, 1.165) is 19.4 Å². The molecular weight excluding hydrogens is 278 g/mol. The Morgan fingerprint density at radius 2 is 2.35 bits per heavy atom. The monoisotopic (exact) mass is 299 g/mol. The molecule has 0 amide bonds. The van der Waals surface area contributed by atoms with E-state index in [0.29, 0.717) is 23.9 Å². The van der Waals surface area contributed by atoms with Gasteiger partial charge in [0.25, 0.3) is 0 Å². The molecule has 112 valence electrons. The van der Waals surface area contributed by atoms with Gasteiger partial charge in [-0.2, -0.15) is 5.10 Å². The number of ether oxygens (including phenoxy) is 1. The summed E-state index contributed by atoms with van der Waals surface area (Å²) >= 11 is 6.17. The zero-order valence-corrected chi connectivity index (χ0v) is 13.1. The first kappa shape index (κ1) is 15.5. The van der Waals surface area contributed by atoms with Gasteiger partial charge >= 0.3 is 0 Å². The third-order valence-electron chi connectivity index (χ3n) is 3.74. The standard InChI is InChI=1S/C14H22ClN3O2/c1-4-12-10(5-8-20-12)14(19)13-11(15)9-16-18(13)7-6-17(2)3/h9-10,12H,4-8H2,1-3H3. The zero-order chi connectivity index (χ0) is 14.7. The summed E-state index contributed by atoms with van der Waals surface area (Å²) in [4.78, 5) is 14.8. The average molecular weight is 300 g/mol. The highest BCUT2D eigenvalue weighted by Crippen LogP contribution is 2.29. The lowest BCUT2D eigenvalue weighted by Crippen LogP contribution is -2.28. The summed E-state index contributed by atoms with van der Waals surface area (Å²) in [5, 5.41) is 4.67. The van der Waals surface area contributed by atoms with Crippen molar-refractivity contribution in [2.75, 3.05) is 27.2 Å². The van der Waals surface area contributed by atoms with Crippen LogP contribution in [0.25, 0.3) is 0 Å². The first-order valence-corrected chi connectivity index (χ1v) is 7.44. The van der Waals surface area contributed by atoms with Crippen molar-refractivity contribution < 1.29 is 9.53 Å². The maximum absolute atomic E-state index is 12.7. The predicted octanol–water partition coefficient (Wildman–Crippen LogP) is 2.10. The second-order valence-electron chi connectivity index (χ2n) is 5.44. The van der Waals surface area contributed by atoms with Gasteiger partial charge in [0.1, 0.15) is 5.69 Å². The van der Waals surface area contributed by atoms with E-state index in [1.54, 1.807) is 10.9 Å². The topological polar surface area (TPSA) is 47.4 Å². The van der Waals surface area contributed by atoms with E-state index in [9.17, 15) is 4.79 Å². The molecule has 0 saturated carbocycles. The lowest BCUT2D eigenvalue weighted by molar-refractivity contribution is 0.0680. The summed E-state index contributed by atoms with van der Waals surface area (Å²) in [5.74, 6) is -0.0251. The van der Waals surface area contributed by atoms with Crippen LogP contribution in [-0.4, -0.2) is 53.8 Å². The maximum atomic E-state index is 12.7. The van der Waals surface area contributed by atoms with Crippen molar-refractivity contribution in [3.05, 3.63) is 16.9 Å². The molecule has 0 spiro atoms. The van der Waals surface area contributed by atoms with E-state index in [1.807, 2.05) is 21.0 Å². The van der Waals surface area contributed by atoms with Crippen LogP contribution in [0.2, 0.25) is 5.02 Å². The van der Waals surface area contributed by atoms with Crippen LogP contribution in [0.15, 0.2) is 6.20 Å². The summed E-state index contributed by atoms with van der Waals surface area (Å²) in [6.45, 7) is 4.17. The Kier molecular flexibility index (Phi) is 5.18. The summed E-state index contributed by atoms with van der Waals surface area (Å²) in [6.07, 6.45) is 3.18. The van der Waals surface area contributed by atoms with E-state index < -0.39 is 0 Å². The molecule has 1 saturated heterocycles. The van der Waals surface area contributed by atoms with Crippen molar-refractivity contribution in [1.29, 1.82) is 0 Å². The number of halogens is 1. The van der Waals surface area contributed by atoms with Gasteiger partial charge in [-0.15, -0.1) is 0 Å². The molecule has 1 aliphatic heterocycles. The number of nitrogens with zero attached hydrogens (tertiary/aromatic N) is 3. The van der Waals surface area contributed by atoms with Gasteiger partial charge in [-0.3, -0.25) is 9.48 Å². The van der Waals surface area contributed by atoms with Crippen molar-refractivity contribution in [3.8, 4) is 0 Å². The second-order valence-corrected chi connectivity index (χ2v) is 5.85. The van der Waals surface area contributed by atoms with Crippen LogP contribution in [0, 0.1) is 5.92 Å². The van der Waals surface area contributed by atoms with Gasteiger partial charge in [0.05, 0.1) is 29.8 Å². The summed E-state index contributed by atoms with van der Waals surface area (Å²) in [6, 6.07) is 0. The molecule has 2 rings (SSSR count). The third kappa shape index (κ3) is 3.22. The first-order chi connectivity index (χ1) is 9.54. The Balaban J connectivity index is 2.18. The van der Waals surface area contributed by atoms with E-state index in [2.05, 4.69) is 10.00 Å². The molecule has 1 fully saturated rings. The number of carbonyl (C=O) groups is 1. The van der Waals surface area contributed by atoms with Crippen LogP contribution >= 0.6 is 11.6 Å². The number of likely N-dealkylation sites (N-methyl/N-ethyl adjacent to an activating group) is 1. The Bertz CT molecular complexity index is 473. The SMILES string of the molecule is CCC1OCCC1C(=O)c1c(Cl)cnn1CCN(C)C. The smallest absolute Gasteiger partial charge is 0.188 e. The highest BCUT2D eigenvalue weighted by atomic mass is 35.5. The fraction of sp³-hybridized carbons (Fsp3) is 0.714. The molecule has 2 unspecified atom stereocenters. The van der Waals surface area contributed by atoms with Crippen LogP contribution in [0.1, 0.15) is 30.3 Å². The van der Waals surface area contributed by atoms with E-state index >= 15 is 0 Å². The Hall–Kier alpha value is -0.910. The maximum Gasteiger partial charge on any atom is 0.188 e. The predicted molar refractivity (Wildman–Crippen MR) is 78.3 cm³/mol. The molecule has 0 bridgehead atoms. The van der Waals surface area contributed by atoms with Gasteiger partial charge in [-0.05, 0) is 26.9 Å². The van der Waals surface area contributed by atoms with Crippen LogP contribution < -0.4 is 0 Å². The van der Waals surface area contributed by atoms with Crippen molar-refractivity contribution in [2.24, 2.45) is 5.92 Å². The largest absolute Gasteiger partial charge is 0.377 e. The van der Waals surface area contributed by atoms with Crippen LogP contribution in [-0.2, 0) is 11.3 Å². The molecule has 1 aromatic rings. The fourth-order valence-electron chi connectivity index (χ4n) is 2.60. The molecule has 1 aliphatic rings. The third-order valence-corrected chi connectivity index (χ3v) is 4.01. The van der Waals surface area contributed by atoms with Gasteiger partial charge in [0, 0.05) is 13.2 Å². The summed E-state index contributed by atoms with van der Waals surface area (Å²) in [5.41, 5.74) is 0.530. The number of hydrogen-bond donors (Lipinski definition) is 0. The van der Waals surface area contributed by atoms with E-state index in [-0.39, 0.29) is 17.8 Å². The Morgan fingerprint density at radius 1 is 1.60 bits per heavy atom. The number of carbonyl (C=O) groups excluding carboxylic acids is 1. The van der Waals surface area contributed by atoms with Gasteiger partial charge in [-0.25, -0.2) is 0 Å². The Labute approximate surface area is 124 Å². The molecule has 1 aromatic heterocycles. The molecule has 20 heavy (non-hydrogen) atoms. The molecule has 6 heteroatoms. The van der Waals surface area contributed by atoms with Crippen LogP contribution in [0.3, 0.4) is 0 Å². The normalized spacial score (nSPS) is 22.6. The molecule has 0 aliphatic carbocycles. The number of rotatable bonds is 6. The van der Waals surface area contributed by atoms with E-state index in [1.165, 1.54) is 0 Å². The lowest BCUT2D eigenvalue weighted by Gasteiger charge is -2.17. The quantitative estimate of drug-likeness (QED) is 0.755. The minimum Gasteiger partial charge on any atom is -0.377 e. The number of Topliss-reactive ketones (excluding diaryl/α,β-unsaturated/α-hetero) is 1. The van der Waals surface area contributed by atoms with Crippen LogP contribution in [0.5, 0.6) is 0 Å². The second kappa shape index (κ2) is 6.70. The highest BCUT2D eigenvalue weighted by Gasteiger charge is 2.35. The number of aromatic nitrogens is 2. The molecular formula is C14H22ClN3O2. The minimum atomic E-state index is -0.0905. The molecule has 5 nitrogen and oxygen atoms in total. The lowest BCUT2D eigenvalue weighted by atomic mass is 9.93. The van der Waals surface area contributed by atoms with Gasteiger partial charge < -0.3 is 9.64 Å². The van der Waals surface area contributed by atoms with Crippen LogP contribution in [0.4, 0.5) is 0 Å². The number of hydrogen-bond acceptors (Lipinski definition) is 4. The molecule has 0 radical (unpaired) electrons. The summed E-state index contributed by atoms with van der Waals surface area (Å²) < 4.78 is 7.33. The van der Waals surface area contributed by atoms with Crippen molar-refractivity contribution in [3.63, 3.8) is 0 Å². The van der Waals surface area contributed by atoms with Crippen molar-refractivity contribution in [2.45, 2.75) is 32.4 Å². The highest BCUT2D eigenvalue weighted by molar-refractivity contribution is 6.33. The van der Waals surface area contributed by atoms with E-state index in [4.69, 9.17) is 16.3 Å². The van der Waals surface area contributed by atoms with Crippen molar-refractivity contribution >= 4 is 17.4 Å². The molecule has 0 aromatic carbocycles. The van der Waals surface area contributed by atoms with Gasteiger partial charge in [-0.1, -0.05) is 18.5 Å². The molecule has 0 N–H and O–H groups in total. The average Bonchev–Trinajstić information content (AvgIpc) is 3.01. The first-order valence-electron chi connectivity index (χ1n) is 7.06. The zero-order valence-electron chi connectivity index (χ0n) is 12.3. The fourth-order valence-corrected chi connectivity index (χ4v) is 2.83. The van der Waals surface area contributed by atoms with Gasteiger partial charge in [0.15, 0.2) is 5.78 Å².